The quantitative estimate of drug-likeness (QED) is 0.817. The highest BCUT2D eigenvalue weighted by Gasteiger charge is 2.08. The van der Waals surface area contributed by atoms with Crippen LogP contribution in [0, 0.1) is 15.0 Å². The molecule has 15 heavy (non-hydrogen) atoms. The van der Waals surface area contributed by atoms with Gasteiger partial charge in [0, 0.05) is 6.54 Å². The molecule has 0 aliphatic carbocycles. The van der Waals surface area contributed by atoms with E-state index in [1.807, 2.05) is 28.7 Å². The van der Waals surface area contributed by atoms with Crippen LogP contribution in [0.3, 0.4) is 0 Å². The zero-order valence-corrected chi connectivity index (χ0v) is 10.2. The number of hydrogen-bond donors (Lipinski definition) is 2. The average molecular weight is 320 g/mol. The molecule has 1 aromatic heterocycles. The first kappa shape index (κ1) is 11.8. The van der Waals surface area contributed by atoms with Gasteiger partial charge in [0.15, 0.2) is 12.3 Å². The zero-order valence-electron chi connectivity index (χ0n) is 8.00. The Bertz CT molecular complexity index is 396. The normalized spacial score (nSPS) is 9.40. The van der Waals surface area contributed by atoms with E-state index in [1.54, 1.807) is 6.92 Å². The van der Waals surface area contributed by atoms with Crippen molar-refractivity contribution in [2.24, 2.45) is 0 Å². The molecule has 1 rings (SSSR count). The van der Waals surface area contributed by atoms with Gasteiger partial charge in [-0.2, -0.15) is 5.26 Å². The molecule has 6 nitrogen and oxygen atoms in total. The molecule has 1 amide bonds. The van der Waals surface area contributed by atoms with E-state index < -0.39 is 6.09 Å². The number of ether oxygens (including phenoxy) is 1. The Morgan fingerprint density at radius 1 is 1.80 bits per heavy atom. The van der Waals surface area contributed by atoms with Crippen molar-refractivity contribution in [2.45, 2.75) is 13.5 Å². The smallest absolute Gasteiger partial charge is 0.407 e. The molecule has 2 N–H and O–H groups in total. The van der Waals surface area contributed by atoms with E-state index in [9.17, 15) is 4.79 Å². The number of alkyl carbamates (subject to hydrolysis) is 1. The first-order valence-electron chi connectivity index (χ1n) is 4.22. The maximum Gasteiger partial charge on any atom is 0.407 e. The van der Waals surface area contributed by atoms with Crippen LogP contribution >= 0.6 is 22.6 Å². The van der Waals surface area contributed by atoms with Crippen LogP contribution in [0.4, 0.5) is 4.79 Å². The highest BCUT2D eigenvalue weighted by molar-refractivity contribution is 14.1. The number of rotatable bonds is 3. The third-order valence-electron chi connectivity index (χ3n) is 1.48. The molecule has 0 aliphatic heterocycles. The van der Waals surface area contributed by atoms with Crippen molar-refractivity contribution in [3.63, 3.8) is 0 Å². The van der Waals surface area contributed by atoms with Gasteiger partial charge >= 0.3 is 6.09 Å². The Morgan fingerprint density at radius 3 is 3.07 bits per heavy atom. The van der Waals surface area contributed by atoms with Gasteiger partial charge in [0.1, 0.15) is 15.6 Å². The van der Waals surface area contributed by atoms with Gasteiger partial charge in [-0.3, -0.25) is 0 Å². The summed E-state index contributed by atoms with van der Waals surface area (Å²) in [4.78, 5) is 17.7. The predicted molar refractivity (Wildman–Crippen MR) is 59.9 cm³/mol. The summed E-state index contributed by atoms with van der Waals surface area (Å²) < 4.78 is 5.47. The highest BCUT2D eigenvalue weighted by atomic mass is 127. The van der Waals surface area contributed by atoms with E-state index >= 15 is 0 Å². The standard InChI is InChI=1S/C8H9IN4O2/c1-2-11-8(14)15-4-6-12-5(3-10)7(9)13-6/h2,4H2,1H3,(H,11,14)(H,12,13). The van der Waals surface area contributed by atoms with Crippen molar-refractivity contribution in [1.29, 1.82) is 5.26 Å². The Hall–Kier alpha value is -1.30. The van der Waals surface area contributed by atoms with Crippen LogP contribution in [-0.4, -0.2) is 22.6 Å². The van der Waals surface area contributed by atoms with E-state index in [0.717, 1.165) is 0 Å². The van der Waals surface area contributed by atoms with Crippen LogP contribution in [0.15, 0.2) is 0 Å². The lowest BCUT2D eigenvalue weighted by atomic mass is 10.5. The van der Waals surface area contributed by atoms with Crippen LogP contribution in [0.25, 0.3) is 0 Å². The minimum atomic E-state index is -0.498. The molecule has 0 saturated carbocycles. The van der Waals surface area contributed by atoms with Crippen molar-refractivity contribution in [3.05, 3.63) is 15.2 Å². The summed E-state index contributed by atoms with van der Waals surface area (Å²) in [5.41, 5.74) is 0.310. The molecule has 0 radical (unpaired) electrons. The fraction of sp³-hybridized carbons (Fsp3) is 0.375. The topological polar surface area (TPSA) is 90.8 Å². The highest BCUT2D eigenvalue weighted by Crippen LogP contribution is 2.08. The Kier molecular flexibility index (Phi) is 4.36. The van der Waals surface area contributed by atoms with Crippen molar-refractivity contribution in [1.82, 2.24) is 15.3 Å². The summed E-state index contributed by atoms with van der Waals surface area (Å²) in [6.07, 6.45) is -0.498. The van der Waals surface area contributed by atoms with Gasteiger partial charge in [0.2, 0.25) is 0 Å². The van der Waals surface area contributed by atoms with E-state index in [1.165, 1.54) is 0 Å². The molecule has 0 saturated heterocycles. The zero-order chi connectivity index (χ0) is 11.3. The number of nitriles is 1. The second-order valence-corrected chi connectivity index (χ2v) is 3.64. The summed E-state index contributed by atoms with van der Waals surface area (Å²) >= 11 is 1.96. The van der Waals surface area contributed by atoms with Gasteiger partial charge in [-0.25, -0.2) is 9.78 Å². The number of carbonyl (C=O) groups excluding carboxylic acids is 1. The molecular formula is C8H9IN4O2. The monoisotopic (exact) mass is 320 g/mol. The van der Waals surface area contributed by atoms with Crippen LogP contribution in [0.5, 0.6) is 0 Å². The number of amides is 1. The minimum absolute atomic E-state index is 0.0313. The van der Waals surface area contributed by atoms with Crippen LogP contribution in [0.1, 0.15) is 18.4 Å². The fourth-order valence-corrected chi connectivity index (χ4v) is 1.42. The number of hydrogen-bond acceptors (Lipinski definition) is 4. The van der Waals surface area contributed by atoms with Crippen molar-refractivity contribution >= 4 is 28.7 Å². The molecule has 0 bridgehead atoms. The van der Waals surface area contributed by atoms with E-state index in [-0.39, 0.29) is 6.61 Å². The lowest BCUT2D eigenvalue weighted by Crippen LogP contribution is -2.23. The van der Waals surface area contributed by atoms with Gasteiger partial charge < -0.3 is 15.0 Å². The Morgan fingerprint density at radius 2 is 2.53 bits per heavy atom. The molecule has 1 heterocycles. The predicted octanol–water partition coefficient (Wildman–Crippen LogP) is 1.13. The number of nitrogens with one attached hydrogen (secondary N) is 2. The molecule has 1 aromatic rings. The van der Waals surface area contributed by atoms with Gasteiger partial charge in [-0.05, 0) is 29.5 Å². The molecule has 0 atom stereocenters. The number of carbonyl (C=O) groups is 1. The van der Waals surface area contributed by atoms with Gasteiger partial charge in [-0.1, -0.05) is 0 Å². The summed E-state index contributed by atoms with van der Waals surface area (Å²) in [6, 6.07) is 1.92. The molecular weight excluding hydrogens is 311 g/mol. The number of nitrogens with zero attached hydrogens (tertiary/aromatic N) is 2. The Balaban J connectivity index is 2.52. The molecule has 7 heteroatoms. The number of halogens is 1. The summed E-state index contributed by atoms with van der Waals surface area (Å²) in [7, 11) is 0. The van der Waals surface area contributed by atoms with Crippen LogP contribution in [-0.2, 0) is 11.3 Å². The maximum atomic E-state index is 10.9. The van der Waals surface area contributed by atoms with E-state index in [2.05, 4.69) is 15.3 Å². The van der Waals surface area contributed by atoms with Crippen molar-refractivity contribution < 1.29 is 9.53 Å². The van der Waals surface area contributed by atoms with Gasteiger partial charge in [0.05, 0.1) is 0 Å². The molecule has 0 unspecified atom stereocenters. The number of H-pyrrole nitrogens is 1. The van der Waals surface area contributed by atoms with E-state index in [4.69, 9.17) is 10.00 Å². The third kappa shape index (κ3) is 3.39. The van der Waals surface area contributed by atoms with E-state index in [0.29, 0.717) is 21.8 Å². The number of aromatic nitrogens is 2. The molecule has 80 valence electrons. The van der Waals surface area contributed by atoms with Crippen molar-refractivity contribution in [3.8, 4) is 6.07 Å². The summed E-state index contributed by atoms with van der Waals surface area (Å²) in [5, 5.41) is 11.1. The third-order valence-corrected chi connectivity index (χ3v) is 2.26. The molecule has 0 aliphatic rings. The second-order valence-electron chi connectivity index (χ2n) is 2.56. The lowest BCUT2D eigenvalue weighted by Gasteiger charge is -2.02. The fourth-order valence-electron chi connectivity index (χ4n) is 0.870. The summed E-state index contributed by atoms with van der Waals surface area (Å²) in [6.45, 7) is 2.34. The van der Waals surface area contributed by atoms with Crippen molar-refractivity contribution in [2.75, 3.05) is 6.54 Å². The first-order valence-corrected chi connectivity index (χ1v) is 5.30. The Labute approximate surface area is 100 Å². The minimum Gasteiger partial charge on any atom is -0.441 e. The lowest BCUT2D eigenvalue weighted by molar-refractivity contribution is 0.137. The molecule has 0 aromatic carbocycles. The SMILES string of the molecule is CCNC(=O)OCc1nc(C#N)c(I)[nH]1. The largest absolute Gasteiger partial charge is 0.441 e. The van der Waals surface area contributed by atoms with Crippen LogP contribution in [0.2, 0.25) is 0 Å². The first-order chi connectivity index (χ1) is 7.17. The number of imidazole rings is 1. The van der Waals surface area contributed by atoms with Gasteiger partial charge in [-0.15, -0.1) is 0 Å². The number of aromatic amines is 1. The molecule has 0 fully saturated rings. The molecule has 0 spiro atoms. The average Bonchev–Trinajstić information content (AvgIpc) is 2.56. The van der Waals surface area contributed by atoms with Gasteiger partial charge in [0.25, 0.3) is 0 Å². The summed E-state index contributed by atoms with van der Waals surface area (Å²) in [5.74, 6) is 0.460. The second kappa shape index (κ2) is 5.55. The van der Waals surface area contributed by atoms with Crippen LogP contribution < -0.4 is 5.32 Å². The maximum absolute atomic E-state index is 10.9.